The Morgan fingerprint density at radius 2 is 2.00 bits per heavy atom. The second kappa shape index (κ2) is 5.45. The first-order chi connectivity index (χ1) is 9.45. The lowest BCUT2D eigenvalue weighted by molar-refractivity contribution is -0.137. The predicted octanol–water partition coefficient (Wildman–Crippen LogP) is 3.11. The van der Waals surface area contributed by atoms with Crippen molar-refractivity contribution >= 4 is 22.7 Å². The summed E-state index contributed by atoms with van der Waals surface area (Å²) < 4.78 is 19.7. The Morgan fingerprint density at radius 3 is 2.60 bits per heavy atom. The number of nitrogens with zero attached hydrogens (tertiary/aromatic N) is 1. The van der Waals surface area contributed by atoms with Crippen molar-refractivity contribution in [1.29, 1.82) is 0 Å². The van der Waals surface area contributed by atoms with Crippen LogP contribution in [-0.2, 0) is 9.53 Å². The molecule has 2 rings (SSSR count). The number of esters is 1. The van der Waals surface area contributed by atoms with Gasteiger partial charge in [-0.1, -0.05) is 0 Å². The molecule has 0 saturated carbocycles. The zero-order valence-corrected chi connectivity index (χ0v) is 11.6. The standard InChI is InChI=1S/C15H16FNO3/c1-4-20-15(19)14(18)13-8-10-7-11(16)5-6-12(10)17(13)9(2)3/h5-9H,4H2,1-3H3. The Hall–Kier alpha value is -2.17. The van der Waals surface area contributed by atoms with E-state index in [2.05, 4.69) is 0 Å². The summed E-state index contributed by atoms with van der Waals surface area (Å²) in [4.78, 5) is 23.7. The van der Waals surface area contributed by atoms with Crippen LogP contribution in [-0.4, -0.2) is 22.9 Å². The number of rotatable bonds is 4. The smallest absolute Gasteiger partial charge is 0.381 e. The summed E-state index contributed by atoms with van der Waals surface area (Å²) in [6.07, 6.45) is 0. The van der Waals surface area contributed by atoms with E-state index in [1.54, 1.807) is 17.6 Å². The second-order valence-corrected chi connectivity index (χ2v) is 4.75. The second-order valence-electron chi connectivity index (χ2n) is 4.75. The van der Waals surface area contributed by atoms with E-state index >= 15 is 0 Å². The SMILES string of the molecule is CCOC(=O)C(=O)c1cc2cc(F)ccc2n1C(C)C. The highest BCUT2D eigenvalue weighted by Crippen LogP contribution is 2.25. The van der Waals surface area contributed by atoms with Crippen LogP contribution in [0.2, 0.25) is 0 Å². The van der Waals surface area contributed by atoms with Gasteiger partial charge in [-0.25, -0.2) is 9.18 Å². The molecule has 1 aromatic carbocycles. The van der Waals surface area contributed by atoms with Crippen molar-refractivity contribution in [1.82, 2.24) is 4.57 Å². The van der Waals surface area contributed by atoms with Crippen LogP contribution in [0.1, 0.15) is 37.3 Å². The van der Waals surface area contributed by atoms with Gasteiger partial charge in [-0.3, -0.25) is 4.79 Å². The van der Waals surface area contributed by atoms with Gasteiger partial charge in [0.25, 0.3) is 5.78 Å². The zero-order chi connectivity index (χ0) is 14.9. The summed E-state index contributed by atoms with van der Waals surface area (Å²) in [7, 11) is 0. The van der Waals surface area contributed by atoms with E-state index in [0.29, 0.717) is 10.9 Å². The van der Waals surface area contributed by atoms with Gasteiger partial charge in [0.05, 0.1) is 12.3 Å². The van der Waals surface area contributed by atoms with E-state index in [1.807, 2.05) is 13.8 Å². The molecule has 0 bridgehead atoms. The third-order valence-electron chi connectivity index (χ3n) is 3.01. The highest BCUT2D eigenvalue weighted by atomic mass is 19.1. The van der Waals surface area contributed by atoms with Gasteiger partial charge in [-0.05, 0) is 45.0 Å². The molecule has 5 heteroatoms. The Balaban J connectivity index is 2.60. The zero-order valence-electron chi connectivity index (χ0n) is 11.6. The van der Waals surface area contributed by atoms with Gasteiger partial charge in [0.15, 0.2) is 0 Å². The number of halogens is 1. The summed E-state index contributed by atoms with van der Waals surface area (Å²) in [5.74, 6) is -1.98. The lowest BCUT2D eigenvalue weighted by Gasteiger charge is -2.13. The van der Waals surface area contributed by atoms with Crippen molar-refractivity contribution < 1.29 is 18.7 Å². The summed E-state index contributed by atoms with van der Waals surface area (Å²) in [6, 6.07) is 5.77. The van der Waals surface area contributed by atoms with E-state index in [0.717, 1.165) is 0 Å². The fourth-order valence-corrected chi connectivity index (χ4v) is 2.24. The average Bonchev–Trinajstić information content (AvgIpc) is 2.76. The Morgan fingerprint density at radius 1 is 1.30 bits per heavy atom. The van der Waals surface area contributed by atoms with Crippen LogP contribution in [0.15, 0.2) is 24.3 Å². The van der Waals surface area contributed by atoms with Crippen molar-refractivity contribution in [2.24, 2.45) is 0 Å². The van der Waals surface area contributed by atoms with Crippen molar-refractivity contribution in [2.45, 2.75) is 26.8 Å². The summed E-state index contributed by atoms with van der Waals surface area (Å²) in [6.45, 7) is 5.56. The quantitative estimate of drug-likeness (QED) is 0.490. The van der Waals surface area contributed by atoms with Crippen LogP contribution in [0.25, 0.3) is 10.9 Å². The lowest BCUT2D eigenvalue weighted by Crippen LogP contribution is -2.21. The van der Waals surface area contributed by atoms with Crippen LogP contribution in [0, 0.1) is 5.82 Å². The predicted molar refractivity (Wildman–Crippen MR) is 73.2 cm³/mol. The number of hydrogen-bond donors (Lipinski definition) is 0. The van der Waals surface area contributed by atoms with E-state index in [9.17, 15) is 14.0 Å². The molecule has 2 aromatic rings. The monoisotopic (exact) mass is 277 g/mol. The number of benzene rings is 1. The molecule has 106 valence electrons. The minimum atomic E-state index is -0.891. The third-order valence-corrected chi connectivity index (χ3v) is 3.01. The highest BCUT2D eigenvalue weighted by Gasteiger charge is 2.24. The van der Waals surface area contributed by atoms with Crippen molar-refractivity contribution in [3.63, 3.8) is 0 Å². The minimum Gasteiger partial charge on any atom is -0.460 e. The average molecular weight is 277 g/mol. The molecule has 0 aliphatic carbocycles. The third kappa shape index (κ3) is 2.43. The van der Waals surface area contributed by atoms with E-state index in [1.165, 1.54) is 18.2 Å². The molecule has 4 nitrogen and oxygen atoms in total. The Kier molecular flexibility index (Phi) is 3.88. The fourth-order valence-electron chi connectivity index (χ4n) is 2.24. The molecule has 0 unspecified atom stereocenters. The Bertz CT molecular complexity index is 673. The minimum absolute atomic E-state index is 0.0358. The van der Waals surface area contributed by atoms with Gasteiger partial charge in [-0.15, -0.1) is 0 Å². The number of ketones is 1. The van der Waals surface area contributed by atoms with E-state index in [4.69, 9.17) is 4.74 Å². The van der Waals surface area contributed by atoms with Gasteiger partial charge in [0, 0.05) is 16.9 Å². The number of ether oxygens (including phenoxy) is 1. The van der Waals surface area contributed by atoms with Crippen molar-refractivity contribution in [2.75, 3.05) is 6.61 Å². The molecule has 0 spiro atoms. The van der Waals surface area contributed by atoms with E-state index < -0.39 is 11.8 Å². The first-order valence-electron chi connectivity index (χ1n) is 6.47. The normalized spacial score (nSPS) is 11.1. The number of Topliss-reactive ketones (excluding diaryl/α,β-unsaturated/α-hetero) is 1. The summed E-state index contributed by atoms with van der Waals surface area (Å²) in [5, 5.41) is 0.589. The molecule has 0 radical (unpaired) electrons. The fraction of sp³-hybridized carbons (Fsp3) is 0.333. The van der Waals surface area contributed by atoms with Gasteiger partial charge in [0.1, 0.15) is 5.82 Å². The Labute approximate surface area is 116 Å². The first kappa shape index (κ1) is 14.2. The van der Waals surface area contributed by atoms with Gasteiger partial charge in [0.2, 0.25) is 0 Å². The summed E-state index contributed by atoms with van der Waals surface area (Å²) >= 11 is 0. The molecule has 1 heterocycles. The largest absolute Gasteiger partial charge is 0.460 e. The maximum Gasteiger partial charge on any atom is 0.381 e. The molecular formula is C15H16FNO3. The molecule has 20 heavy (non-hydrogen) atoms. The topological polar surface area (TPSA) is 48.3 Å². The van der Waals surface area contributed by atoms with Crippen LogP contribution in [0.3, 0.4) is 0 Å². The maximum atomic E-state index is 13.3. The van der Waals surface area contributed by atoms with E-state index in [-0.39, 0.29) is 24.2 Å². The number of aromatic nitrogens is 1. The lowest BCUT2D eigenvalue weighted by atomic mass is 10.2. The first-order valence-corrected chi connectivity index (χ1v) is 6.47. The highest BCUT2D eigenvalue weighted by molar-refractivity contribution is 6.40. The summed E-state index contributed by atoms with van der Waals surface area (Å²) in [5.41, 5.74) is 0.938. The molecule has 1 aromatic heterocycles. The van der Waals surface area contributed by atoms with Crippen LogP contribution in [0.5, 0.6) is 0 Å². The van der Waals surface area contributed by atoms with Crippen LogP contribution >= 0.6 is 0 Å². The molecule has 0 fully saturated rings. The van der Waals surface area contributed by atoms with Gasteiger partial charge < -0.3 is 9.30 Å². The molecular weight excluding hydrogens is 261 g/mol. The molecule has 0 N–H and O–H groups in total. The van der Waals surface area contributed by atoms with Crippen LogP contribution in [0.4, 0.5) is 4.39 Å². The van der Waals surface area contributed by atoms with Crippen molar-refractivity contribution in [3.8, 4) is 0 Å². The molecule has 0 atom stereocenters. The molecule has 0 amide bonds. The number of carbonyl (C=O) groups is 2. The maximum absolute atomic E-state index is 13.3. The number of carbonyl (C=O) groups excluding carboxylic acids is 2. The van der Waals surface area contributed by atoms with Gasteiger partial charge >= 0.3 is 5.97 Å². The molecule has 0 aliphatic rings. The van der Waals surface area contributed by atoms with Crippen molar-refractivity contribution in [3.05, 3.63) is 35.8 Å². The number of fused-ring (bicyclic) bond motifs is 1. The van der Waals surface area contributed by atoms with Gasteiger partial charge in [-0.2, -0.15) is 0 Å². The molecule has 0 aliphatic heterocycles. The number of hydrogen-bond acceptors (Lipinski definition) is 3. The van der Waals surface area contributed by atoms with Crippen LogP contribution < -0.4 is 0 Å². The molecule has 0 saturated heterocycles.